The maximum absolute atomic E-state index is 12.8. The number of aromatic nitrogens is 4. The molecule has 2 aliphatic rings. The molecule has 0 unspecified atom stereocenters. The highest BCUT2D eigenvalue weighted by Gasteiger charge is 2.55. The van der Waals surface area contributed by atoms with Crippen LogP contribution in [0.2, 0.25) is 0 Å². The molecule has 9 nitrogen and oxygen atoms in total. The Morgan fingerprint density at radius 2 is 2.09 bits per heavy atom. The van der Waals surface area contributed by atoms with Gasteiger partial charge in [0, 0.05) is 25.6 Å². The lowest BCUT2D eigenvalue weighted by Gasteiger charge is -2.22. The molecule has 2 aromatic rings. The van der Waals surface area contributed by atoms with Gasteiger partial charge in [0.05, 0.1) is 31.0 Å². The van der Waals surface area contributed by atoms with E-state index in [-0.39, 0.29) is 19.0 Å². The first kappa shape index (κ1) is 13.8. The van der Waals surface area contributed by atoms with Crippen molar-refractivity contribution in [3.05, 3.63) is 44.5 Å². The largest absolute Gasteiger partial charge is 0.474 e. The highest BCUT2D eigenvalue weighted by atomic mass is 16.5. The maximum atomic E-state index is 12.8. The Balaban J connectivity index is 1.55. The maximum Gasteiger partial charge on any atom is 0.325 e. The smallest absolute Gasteiger partial charge is 0.325 e. The number of nitrogens with one attached hydrogen (secondary N) is 2. The molecule has 1 aliphatic carbocycles. The fraction of sp³-hybridized carbons (Fsp3) is 0.429. The van der Waals surface area contributed by atoms with Gasteiger partial charge in [0.1, 0.15) is 0 Å². The predicted molar refractivity (Wildman–Crippen MR) is 77.7 cm³/mol. The number of aryl methyl sites for hydroxylation is 1. The Kier molecular flexibility index (Phi) is 2.75. The van der Waals surface area contributed by atoms with Crippen molar-refractivity contribution in [3.63, 3.8) is 0 Å². The van der Waals surface area contributed by atoms with Gasteiger partial charge in [-0.15, -0.1) is 0 Å². The summed E-state index contributed by atoms with van der Waals surface area (Å²) in [5.74, 6) is 0.374. The van der Waals surface area contributed by atoms with Crippen molar-refractivity contribution >= 4 is 5.91 Å². The molecular formula is C14H15N5O4. The van der Waals surface area contributed by atoms with E-state index in [0.29, 0.717) is 29.8 Å². The summed E-state index contributed by atoms with van der Waals surface area (Å²) in [7, 11) is 1.77. The number of carbonyl (C=O) groups excluding carboxylic acids is 1. The number of hydrogen-bond donors (Lipinski definition) is 2. The number of fused-ring (bicyclic) bond motifs is 1. The van der Waals surface area contributed by atoms with Gasteiger partial charge >= 0.3 is 5.69 Å². The fourth-order valence-electron chi connectivity index (χ4n) is 2.88. The first-order chi connectivity index (χ1) is 11.0. The quantitative estimate of drug-likeness (QED) is 0.773. The van der Waals surface area contributed by atoms with Crippen LogP contribution in [0.1, 0.15) is 24.1 Å². The molecule has 1 amide bonds. The molecule has 120 valence electrons. The van der Waals surface area contributed by atoms with Gasteiger partial charge in [-0.2, -0.15) is 5.10 Å². The molecule has 4 rings (SSSR count). The van der Waals surface area contributed by atoms with E-state index in [9.17, 15) is 14.4 Å². The molecule has 0 bridgehead atoms. The van der Waals surface area contributed by atoms with Crippen molar-refractivity contribution in [2.75, 3.05) is 0 Å². The molecule has 1 fully saturated rings. The highest BCUT2D eigenvalue weighted by Crippen LogP contribution is 2.42. The number of ether oxygens (including phenoxy) is 1. The van der Waals surface area contributed by atoms with Crippen molar-refractivity contribution < 1.29 is 9.53 Å². The molecular weight excluding hydrogens is 302 g/mol. The van der Waals surface area contributed by atoms with Gasteiger partial charge in [0.25, 0.3) is 11.5 Å². The second kappa shape index (κ2) is 4.58. The lowest BCUT2D eigenvalue weighted by molar-refractivity contribution is -0.141. The van der Waals surface area contributed by atoms with Gasteiger partial charge < -0.3 is 14.6 Å². The summed E-state index contributed by atoms with van der Waals surface area (Å²) >= 11 is 0. The van der Waals surface area contributed by atoms with Crippen molar-refractivity contribution in [3.8, 4) is 5.75 Å². The van der Waals surface area contributed by atoms with Crippen LogP contribution in [-0.2, 0) is 24.9 Å². The van der Waals surface area contributed by atoms with Gasteiger partial charge in [-0.25, -0.2) is 4.79 Å². The standard InChI is InChI=1S/C14H15N5O4/c1-18-5-8(4-15-18)23-14(2-3-14)12(21)19-6-9-10(7-19)16-13(22)17-11(9)20/h4-5H,2-3,6-7H2,1H3,(H2,16,17,20,22). The number of H-pyrrole nitrogens is 2. The van der Waals surface area contributed by atoms with Gasteiger partial charge in [-0.05, 0) is 0 Å². The minimum Gasteiger partial charge on any atom is -0.474 e. The van der Waals surface area contributed by atoms with E-state index in [1.165, 1.54) is 0 Å². The Hall–Kier alpha value is -2.84. The van der Waals surface area contributed by atoms with Crippen LogP contribution in [-0.4, -0.2) is 36.2 Å². The van der Waals surface area contributed by atoms with E-state index in [1.54, 1.807) is 29.0 Å². The van der Waals surface area contributed by atoms with Crippen LogP contribution in [0.5, 0.6) is 5.75 Å². The van der Waals surface area contributed by atoms with Crippen LogP contribution in [0.15, 0.2) is 22.0 Å². The molecule has 0 atom stereocenters. The summed E-state index contributed by atoms with van der Waals surface area (Å²) in [5, 5.41) is 4.02. The molecule has 2 aromatic heterocycles. The topological polar surface area (TPSA) is 113 Å². The van der Waals surface area contributed by atoms with Crippen molar-refractivity contribution in [1.82, 2.24) is 24.6 Å². The van der Waals surface area contributed by atoms with E-state index in [1.807, 2.05) is 0 Å². The van der Waals surface area contributed by atoms with Gasteiger partial charge in [-0.3, -0.25) is 19.3 Å². The van der Waals surface area contributed by atoms with E-state index in [2.05, 4.69) is 15.1 Å². The fourth-order valence-corrected chi connectivity index (χ4v) is 2.88. The van der Waals surface area contributed by atoms with Crippen LogP contribution in [0, 0.1) is 0 Å². The van der Waals surface area contributed by atoms with Gasteiger partial charge in [-0.1, -0.05) is 0 Å². The Labute approximate surface area is 129 Å². The number of amides is 1. The number of carbonyl (C=O) groups is 1. The molecule has 9 heteroatoms. The third-order valence-electron chi connectivity index (χ3n) is 4.20. The van der Waals surface area contributed by atoms with Crippen molar-refractivity contribution in [2.45, 2.75) is 31.5 Å². The number of nitrogens with zero attached hydrogens (tertiary/aromatic N) is 3. The van der Waals surface area contributed by atoms with E-state index in [4.69, 9.17) is 4.74 Å². The molecule has 0 radical (unpaired) electrons. The zero-order chi connectivity index (χ0) is 16.2. The molecule has 1 aliphatic heterocycles. The summed E-state index contributed by atoms with van der Waals surface area (Å²) in [4.78, 5) is 42.2. The number of hydrogen-bond acceptors (Lipinski definition) is 5. The normalized spacial score (nSPS) is 17.9. The lowest BCUT2D eigenvalue weighted by atomic mass is 10.2. The highest BCUT2D eigenvalue weighted by molar-refractivity contribution is 5.89. The molecule has 3 heterocycles. The molecule has 23 heavy (non-hydrogen) atoms. The molecule has 1 saturated carbocycles. The number of rotatable bonds is 3. The second-order valence-electron chi connectivity index (χ2n) is 5.97. The van der Waals surface area contributed by atoms with Crippen LogP contribution in [0.4, 0.5) is 0 Å². The first-order valence-corrected chi connectivity index (χ1v) is 7.28. The zero-order valence-electron chi connectivity index (χ0n) is 12.5. The van der Waals surface area contributed by atoms with Crippen LogP contribution >= 0.6 is 0 Å². The zero-order valence-corrected chi connectivity index (χ0v) is 12.5. The van der Waals surface area contributed by atoms with E-state index >= 15 is 0 Å². The molecule has 2 N–H and O–H groups in total. The summed E-state index contributed by atoms with van der Waals surface area (Å²) in [6.07, 6.45) is 4.52. The summed E-state index contributed by atoms with van der Waals surface area (Å²) < 4.78 is 7.43. The van der Waals surface area contributed by atoms with Gasteiger partial charge in [0.2, 0.25) is 0 Å². The first-order valence-electron chi connectivity index (χ1n) is 7.28. The minimum atomic E-state index is -0.877. The average molecular weight is 317 g/mol. The molecule has 0 spiro atoms. The van der Waals surface area contributed by atoms with Crippen LogP contribution in [0.3, 0.4) is 0 Å². The second-order valence-corrected chi connectivity index (χ2v) is 5.97. The third-order valence-corrected chi connectivity index (χ3v) is 4.20. The average Bonchev–Trinajstić information content (AvgIpc) is 2.95. The van der Waals surface area contributed by atoms with E-state index < -0.39 is 16.9 Å². The van der Waals surface area contributed by atoms with Crippen molar-refractivity contribution in [2.24, 2.45) is 7.05 Å². The molecule has 0 saturated heterocycles. The summed E-state index contributed by atoms with van der Waals surface area (Å²) in [6, 6.07) is 0. The monoisotopic (exact) mass is 317 g/mol. The minimum absolute atomic E-state index is 0.169. The predicted octanol–water partition coefficient (Wildman–Crippen LogP) is -0.750. The Morgan fingerprint density at radius 3 is 2.74 bits per heavy atom. The Bertz CT molecular complexity index is 904. The van der Waals surface area contributed by atoms with Crippen molar-refractivity contribution in [1.29, 1.82) is 0 Å². The SMILES string of the molecule is Cn1cc(OC2(C(=O)N3Cc4[nH]c(=O)[nH]c(=O)c4C3)CC2)cn1. The summed E-state index contributed by atoms with van der Waals surface area (Å²) in [5.41, 5.74) is -0.967. The lowest BCUT2D eigenvalue weighted by Crippen LogP contribution is -2.41. The van der Waals surface area contributed by atoms with Crippen LogP contribution < -0.4 is 16.0 Å². The third kappa shape index (κ3) is 2.24. The molecule has 0 aromatic carbocycles. The number of aromatic amines is 2. The summed E-state index contributed by atoms with van der Waals surface area (Å²) in [6.45, 7) is 0.393. The Morgan fingerprint density at radius 1 is 1.30 bits per heavy atom. The van der Waals surface area contributed by atoms with Gasteiger partial charge in [0.15, 0.2) is 11.4 Å². The van der Waals surface area contributed by atoms with E-state index in [0.717, 1.165) is 0 Å². The van der Waals surface area contributed by atoms with Crippen LogP contribution in [0.25, 0.3) is 0 Å².